The molecule has 0 saturated carbocycles. The number of carbonyl (C=O) groups is 2. The van der Waals surface area contributed by atoms with E-state index in [1.807, 2.05) is 50.4 Å². The van der Waals surface area contributed by atoms with Crippen molar-refractivity contribution in [1.29, 1.82) is 0 Å². The number of halogens is 1. The SMILES string of the molecule is COc1c(Cl)cc(C)cc1/C(O)=C1\C(=O)C(=O)N(c2ccccc2C)C1c1sccc1C. The Bertz CT molecular complexity index is 1280. The molecule has 1 N–H and O–H groups in total. The first-order valence-corrected chi connectivity index (χ1v) is 11.3. The van der Waals surface area contributed by atoms with Crippen LogP contribution in [0.15, 0.2) is 53.4 Å². The maximum atomic E-state index is 13.3. The van der Waals surface area contributed by atoms with E-state index in [1.165, 1.54) is 23.3 Å². The monoisotopic (exact) mass is 467 g/mol. The first kappa shape index (κ1) is 22.1. The maximum absolute atomic E-state index is 13.3. The maximum Gasteiger partial charge on any atom is 0.300 e. The molecule has 32 heavy (non-hydrogen) atoms. The number of benzene rings is 2. The van der Waals surface area contributed by atoms with Crippen molar-refractivity contribution in [3.8, 4) is 5.75 Å². The quantitative estimate of drug-likeness (QED) is 0.292. The van der Waals surface area contributed by atoms with Crippen LogP contribution in [0.4, 0.5) is 5.69 Å². The fourth-order valence-electron chi connectivity index (χ4n) is 4.08. The number of nitrogens with zero attached hydrogens (tertiary/aromatic N) is 1. The number of thiophene rings is 1. The zero-order valence-electron chi connectivity index (χ0n) is 18.1. The number of anilines is 1. The molecule has 4 rings (SSSR count). The minimum atomic E-state index is -0.764. The number of methoxy groups -OCH3 is 1. The van der Waals surface area contributed by atoms with E-state index in [-0.39, 0.29) is 22.6 Å². The summed E-state index contributed by atoms with van der Waals surface area (Å²) < 4.78 is 5.42. The molecule has 1 atom stereocenters. The summed E-state index contributed by atoms with van der Waals surface area (Å²) in [4.78, 5) is 28.9. The number of carbonyl (C=O) groups excluding carboxylic acids is 2. The summed E-state index contributed by atoms with van der Waals surface area (Å²) in [5.41, 5.74) is 3.49. The molecule has 5 nitrogen and oxygen atoms in total. The Hall–Kier alpha value is -3.09. The van der Waals surface area contributed by atoms with Crippen molar-refractivity contribution in [2.75, 3.05) is 12.0 Å². The highest BCUT2D eigenvalue weighted by atomic mass is 35.5. The van der Waals surface area contributed by atoms with Gasteiger partial charge in [0.2, 0.25) is 0 Å². The smallest absolute Gasteiger partial charge is 0.300 e. The summed E-state index contributed by atoms with van der Waals surface area (Å²) >= 11 is 7.78. The highest BCUT2D eigenvalue weighted by Crippen LogP contribution is 2.47. The molecule has 2 heterocycles. The van der Waals surface area contributed by atoms with Crippen molar-refractivity contribution in [2.24, 2.45) is 0 Å². The van der Waals surface area contributed by atoms with Crippen LogP contribution in [-0.2, 0) is 9.59 Å². The van der Waals surface area contributed by atoms with Gasteiger partial charge in [0, 0.05) is 10.6 Å². The van der Waals surface area contributed by atoms with Gasteiger partial charge in [0.05, 0.1) is 23.3 Å². The predicted molar refractivity (Wildman–Crippen MR) is 128 cm³/mol. The molecule has 1 amide bonds. The standard InChI is InChI=1S/C25H22ClNO4S/c1-13-11-16(23(31-4)17(26)12-13)21(28)19-20(24-15(3)9-10-32-24)27(25(30)22(19)29)18-8-6-5-7-14(18)2/h5-12,20,28H,1-4H3/b21-19+. The summed E-state index contributed by atoms with van der Waals surface area (Å²) in [7, 11) is 1.44. The van der Waals surface area contributed by atoms with Gasteiger partial charge in [-0.1, -0.05) is 29.8 Å². The van der Waals surface area contributed by atoms with E-state index in [4.69, 9.17) is 16.3 Å². The van der Waals surface area contributed by atoms with E-state index >= 15 is 0 Å². The number of aryl methyl sites for hydroxylation is 3. The second-order valence-electron chi connectivity index (χ2n) is 7.75. The first-order chi connectivity index (χ1) is 15.3. The molecule has 0 bridgehead atoms. The molecule has 0 aliphatic carbocycles. The zero-order valence-corrected chi connectivity index (χ0v) is 19.7. The Balaban J connectivity index is 2.03. The number of aliphatic hydroxyl groups excluding tert-OH is 1. The van der Waals surface area contributed by atoms with Gasteiger partial charge in [-0.3, -0.25) is 14.5 Å². The molecule has 1 aliphatic heterocycles. The number of ketones is 1. The van der Waals surface area contributed by atoms with E-state index < -0.39 is 17.7 Å². The molecule has 3 aromatic rings. The number of para-hydroxylation sites is 1. The normalized spacial score (nSPS) is 17.8. The molecule has 7 heteroatoms. The minimum absolute atomic E-state index is 0.0174. The van der Waals surface area contributed by atoms with Crippen LogP contribution in [0, 0.1) is 20.8 Å². The van der Waals surface area contributed by atoms with Gasteiger partial charge in [-0.15, -0.1) is 11.3 Å². The number of hydrogen-bond acceptors (Lipinski definition) is 5. The fourth-order valence-corrected chi connectivity index (χ4v) is 5.46. The van der Waals surface area contributed by atoms with Gasteiger partial charge in [0.15, 0.2) is 0 Å². The van der Waals surface area contributed by atoms with Crippen molar-refractivity contribution >= 4 is 46.1 Å². The third-order valence-electron chi connectivity index (χ3n) is 5.62. The van der Waals surface area contributed by atoms with Crippen LogP contribution in [0.2, 0.25) is 5.02 Å². The van der Waals surface area contributed by atoms with E-state index in [0.717, 1.165) is 21.6 Å². The molecule has 1 unspecified atom stereocenters. The predicted octanol–water partition coefficient (Wildman–Crippen LogP) is 5.96. The fraction of sp³-hybridized carbons (Fsp3) is 0.200. The Kier molecular flexibility index (Phi) is 5.84. The number of hydrogen-bond donors (Lipinski definition) is 1. The lowest BCUT2D eigenvalue weighted by Gasteiger charge is -2.26. The van der Waals surface area contributed by atoms with Crippen LogP contribution in [-0.4, -0.2) is 23.9 Å². The Morgan fingerprint density at radius 1 is 1.09 bits per heavy atom. The lowest BCUT2D eigenvalue weighted by molar-refractivity contribution is -0.132. The number of aliphatic hydroxyl groups is 1. The minimum Gasteiger partial charge on any atom is -0.507 e. The Labute approximate surface area is 195 Å². The van der Waals surface area contributed by atoms with Gasteiger partial charge in [-0.2, -0.15) is 0 Å². The summed E-state index contributed by atoms with van der Waals surface area (Å²) in [6.07, 6.45) is 0. The van der Waals surface area contributed by atoms with Crippen LogP contribution in [0.3, 0.4) is 0 Å². The molecule has 0 radical (unpaired) electrons. The lowest BCUT2D eigenvalue weighted by atomic mass is 9.97. The molecule has 1 saturated heterocycles. The summed E-state index contributed by atoms with van der Waals surface area (Å²) in [5.74, 6) is -1.49. The van der Waals surface area contributed by atoms with Crippen LogP contribution in [0.1, 0.15) is 33.2 Å². The van der Waals surface area contributed by atoms with Gasteiger partial charge < -0.3 is 9.84 Å². The Morgan fingerprint density at radius 3 is 2.44 bits per heavy atom. The van der Waals surface area contributed by atoms with E-state index in [9.17, 15) is 14.7 Å². The van der Waals surface area contributed by atoms with Crippen molar-refractivity contribution in [3.63, 3.8) is 0 Å². The molecular formula is C25H22ClNO4S. The number of ether oxygens (including phenoxy) is 1. The number of rotatable bonds is 4. The van der Waals surface area contributed by atoms with Crippen LogP contribution >= 0.6 is 22.9 Å². The third kappa shape index (κ3) is 3.49. The molecule has 1 aromatic heterocycles. The van der Waals surface area contributed by atoms with Gasteiger partial charge in [-0.05, 0) is 67.1 Å². The summed E-state index contributed by atoms with van der Waals surface area (Å²) in [6, 6.07) is 12.0. The summed E-state index contributed by atoms with van der Waals surface area (Å²) in [5, 5.41) is 13.6. The van der Waals surface area contributed by atoms with Gasteiger partial charge in [-0.25, -0.2) is 0 Å². The van der Waals surface area contributed by atoms with Crippen molar-refractivity contribution in [1.82, 2.24) is 0 Å². The second kappa shape index (κ2) is 8.45. The second-order valence-corrected chi connectivity index (χ2v) is 9.11. The molecule has 2 aromatic carbocycles. The number of amides is 1. The van der Waals surface area contributed by atoms with Gasteiger partial charge in [0.25, 0.3) is 11.7 Å². The van der Waals surface area contributed by atoms with E-state index in [2.05, 4.69) is 0 Å². The topological polar surface area (TPSA) is 66.8 Å². The van der Waals surface area contributed by atoms with Gasteiger partial charge >= 0.3 is 0 Å². The first-order valence-electron chi connectivity index (χ1n) is 10.0. The summed E-state index contributed by atoms with van der Waals surface area (Å²) in [6.45, 7) is 5.64. The highest BCUT2D eigenvalue weighted by Gasteiger charge is 2.48. The van der Waals surface area contributed by atoms with E-state index in [1.54, 1.807) is 18.2 Å². The van der Waals surface area contributed by atoms with E-state index in [0.29, 0.717) is 10.7 Å². The van der Waals surface area contributed by atoms with Crippen molar-refractivity contribution < 1.29 is 19.4 Å². The average molecular weight is 468 g/mol. The molecular weight excluding hydrogens is 446 g/mol. The van der Waals surface area contributed by atoms with Gasteiger partial charge in [0.1, 0.15) is 17.6 Å². The molecule has 0 spiro atoms. The molecule has 1 fully saturated rings. The lowest BCUT2D eigenvalue weighted by Crippen LogP contribution is -2.30. The average Bonchev–Trinajstić information content (AvgIpc) is 3.28. The highest BCUT2D eigenvalue weighted by molar-refractivity contribution is 7.10. The largest absolute Gasteiger partial charge is 0.507 e. The molecule has 1 aliphatic rings. The number of Topliss-reactive ketones (excluding diaryl/α,β-unsaturated/α-hetero) is 1. The molecule has 164 valence electrons. The third-order valence-corrected chi connectivity index (χ3v) is 6.97. The van der Waals surface area contributed by atoms with Crippen LogP contribution < -0.4 is 9.64 Å². The zero-order chi connectivity index (χ0) is 23.2. The Morgan fingerprint density at radius 2 is 1.81 bits per heavy atom. The van der Waals surface area contributed by atoms with Crippen molar-refractivity contribution in [3.05, 3.63) is 85.6 Å². The van der Waals surface area contributed by atoms with Crippen molar-refractivity contribution in [2.45, 2.75) is 26.8 Å². The van der Waals surface area contributed by atoms with Crippen LogP contribution in [0.5, 0.6) is 5.75 Å². The van der Waals surface area contributed by atoms with Crippen LogP contribution in [0.25, 0.3) is 5.76 Å².